The van der Waals surface area contributed by atoms with Crippen molar-refractivity contribution >= 4 is 34.3 Å². The van der Waals surface area contributed by atoms with Crippen molar-refractivity contribution in [2.75, 3.05) is 5.32 Å². The lowest BCUT2D eigenvalue weighted by atomic mass is 10.1. The molecule has 0 amide bonds. The van der Waals surface area contributed by atoms with Gasteiger partial charge in [0.25, 0.3) is 0 Å². The molecule has 19 heavy (non-hydrogen) atoms. The first-order valence-corrected chi connectivity index (χ1v) is 7.14. The molecule has 0 aliphatic carbocycles. The number of benzene rings is 2. The second kappa shape index (κ2) is 5.43. The van der Waals surface area contributed by atoms with Gasteiger partial charge in [-0.25, -0.2) is 4.98 Å². The fraction of sp³-hybridized carbons (Fsp3) is 0. The molecule has 0 aliphatic heterocycles. The van der Waals surface area contributed by atoms with Crippen molar-refractivity contribution in [1.29, 1.82) is 0 Å². The number of hydrogen-bond donors (Lipinski definition) is 1. The molecule has 0 atom stereocenters. The van der Waals surface area contributed by atoms with E-state index in [0.29, 0.717) is 0 Å². The molecule has 1 aromatic heterocycles. The third-order valence-electron chi connectivity index (χ3n) is 2.73. The molecule has 0 unspecified atom stereocenters. The summed E-state index contributed by atoms with van der Waals surface area (Å²) in [5.74, 6) is 0. The van der Waals surface area contributed by atoms with Gasteiger partial charge in [-0.05, 0) is 30.3 Å². The number of thiazole rings is 1. The molecular formula is C15H11ClN2S. The van der Waals surface area contributed by atoms with E-state index in [4.69, 9.17) is 11.6 Å². The van der Waals surface area contributed by atoms with Crippen LogP contribution in [0.3, 0.4) is 0 Å². The lowest BCUT2D eigenvalue weighted by Gasteiger charge is -2.07. The molecule has 2 nitrogen and oxygen atoms in total. The Hall–Kier alpha value is -1.84. The SMILES string of the molecule is Clc1cccc(Nc2ccc(-c3cscn3)cc2)c1. The first-order valence-electron chi connectivity index (χ1n) is 5.82. The Morgan fingerprint density at radius 2 is 1.84 bits per heavy atom. The van der Waals surface area contributed by atoms with E-state index in [9.17, 15) is 0 Å². The maximum Gasteiger partial charge on any atom is 0.0811 e. The summed E-state index contributed by atoms with van der Waals surface area (Å²) in [4.78, 5) is 4.29. The van der Waals surface area contributed by atoms with Crippen molar-refractivity contribution in [2.24, 2.45) is 0 Å². The number of halogens is 1. The minimum atomic E-state index is 0.726. The molecule has 3 aromatic rings. The first-order chi connectivity index (χ1) is 9.31. The Labute approximate surface area is 120 Å². The zero-order valence-electron chi connectivity index (χ0n) is 10.0. The number of nitrogens with zero attached hydrogens (tertiary/aromatic N) is 1. The summed E-state index contributed by atoms with van der Waals surface area (Å²) in [5.41, 5.74) is 5.99. The van der Waals surface area contributed by atoms with E-state index in [2.05, 4.69) is 22.4 Å². The molecular weight excluding hydrogens is 276 g/mol. The van der Waals surface area contributed by atoms with Crippen LogP contribution in [0.1, 0.15) is 0 Å². The minimum absolute atomic E-state index is 0.726. The number of aromatic nitrogens is 1. The van der Waals surface area contributed by atoms with Crippen LogP contribution in [0.25, 0.3) is 11.3 Å². The van der Waals surface area contributed by atoms with Crippen LogP contribution < -0.4 is 5.32 Å². The quantitative estimate of drug-likeness (QED) is 0.715. The molecule has 0 spiro atoms. The van der Waals surface area contributed by atoms with Crippen LogP contribution in [0.5, 0.6) is 0 Å². The monoisotopic (exact) mass is 286 g/mol. The Bertz CT molecular complexity index is 663. The Balaban J connectivity index is 1.80. The minimum Gasteiger partial charge on any atom is -0.355 e. The van der Waals surface area contributed by atoms with E-state index in [1.165, 1.54) is 0 Å². The first kappa shape index (κ1) is 12.2. The van der Waals surface area contributed by atoms with Gasteiger partial charge in [-0.3, -0.25) is 0 Å². The van der Waals surface area contributed by atoms with E-state index < -0.39 is 0 Å². The smallest absolute Gasteiger partial charge is 0.0811 e. The van der Waals surface area contributed by atoms with E-state index in [0.717, 1.165) is 27.7 Å². The lowest BCUT2D eigenvalue weighted by molar-refractivity contribution is 1.41. The number of hydrogen-bond acceptors (Lipinski definition) is 3. The number of rotatable bonds is 3. The van der Waals surface area contributed by atoms with Gasteiger partial charge < -0.3 is 5.32 Å². The maximum atomic E-state index is 5.96. The van der Waals surface area contributed by atoms with Gasteiger partial charge in [0.15, 0.2) is 0 Å². The predicted molar refractivity (Wildman–Crippen MR) is 82.3 cm³/mol. The number of anilines is 2. The van der Waals surface area contributed by atoms with Gasteiger partial charge in [-0.1, -0.05) is 29.8 Å². The second-order valence-electron chi connectivity index (χ2n) is 4.09. The van der Waals surface area contributed by atoms with Crippen LogP contribution in [-0.2, 0) is 0 Å². The Kier molecular flexibility index (Phi) is 3.49. The van der Waals surface area contributed by atoms with Crippen LogP contribution in [-0.4, -0.2) is 4.98 Å². The average Bonchev–Trinajstić information content (AvgIpc) is 2.94. The van der Waals surface area contributed by atoms with Gasteiger partial charge in [0, 0.05) is 27.3 Å². The third-order valence-corrected chi connectivity index (χ3v) is 3.55. The molecule has 4 heteroatoms. The summed E-state index contributed by atoms with van der Waals surface area (Å²) < 4.78 is 0. The largest absolute Gasteiger partial charge is 0.355 e. The molecule has 0 aliphatic rings. The molecule has 3 rings (SSSR count). The van der Waals surface area contributed by atoms with Crippen LogP contribution in [0.2, 0.25) is 5.02 Å². The maximum absolute atomic E-state index is 5.96. The standard InChI is InChI=1S/C15H11ClN2S/c16-12-2-1-3-14(8-12)18-13-6-4-11(5-7-13)15-9-19-10-17-15/h1-10,18H. The summed E-state index contributed by atoms with van der Waals surface area (Å²) in [5, 5.41) is 6.08. The highest BCUT2D eigenvalue weighted by molar-refractivity contribution is 7.07. The highest BCUT2D eigenvalue weighted by Gasteiger charge is 2.00. The Morgan fingerprint density at radius 3 is 2.53 bits per heavy atom. The molecule has 94 valence electrons. The Morgan fingerprint density at radius 1 is 1.00 bits per heavy atom. The summed E-state index contributed by atoms with van der Waals surface area (Å²) in [6.07, 6.45) is 0. The van der Waals surface area contributed by atoms with E-state index >= 15 is 0 Å². The summed E-state index contributed by atoms with van der Waals surface area (Å²) in [6.45, 7) is 0. The van der Waals surface area contributed by atoms with Crippen LogP contribution in [0.4, 0.5) is 11.4 Å². The molecule has 0 radical (unpaired) electrons. The van der Waals surface area contributed by atoms with Crippen molar-refractivity contribution in [1.82, 2.24) is 4.98 Å². The predicted octanol–water partition coefficient (Wildman–Crippen LogP) is 5.21. The summed E-state index contributed by atoms with van der Waals surface area (Å²) in [6, 6.07) is 15.9. The zero-order chi connectivity index (χ0) is 13.1. The van der Waals surface area contributed by atoms with Gasteiger partial charge >= 0.3 is 0 Å². The molecule has 0 bridgehead atoms. The van der Waals surface area contributed by atoms with Gasteiger partial charge in [-0.2, -0.15) is 0 Å². The molecule has 1 heterocycles. The van der Waals surface area contributed by atoms with E-state index in [-0.39, 0.29) is 0 Å². The van der Waals surface area contributed by atoms with Crippen LogP contribution in [0, 0.1) is 0 Å². The van der Waals surface area contributed by atoms with Crippen molar-refractivity contribution in [3.05, 3.63) is 64.4 Å². The molecule has 0 fully saturated rings. The van der Waals surface area contributed by atoms with Gasteiger partial charge in [0.2, 0.25) is 0 Å². The molecule has 1 N–H and O–H groups in total. The third kappa shape index (κ3) is 2.95. The average molecular weight is 287 g/mol. The van der Waals surface area contributed by atoms with Crippen molar-refractivity contribution < 1.29 is 0 Å². The topological polar surface area (TPSA) is 24.9 Å². The van der Waals surface area contributed by atoms with E-state index in [1.54, 1.807) is 11.3 Å². The highest BCUT2D eigenvalue weighted by atomic mass is 35.5. The van der Waals surface area contributed by atoms with Gasteiger partial charge in [-0.15, -0.1) is 11.3 Å². The van der Waals surface area contributed by atoms with Crippen molar-refractivity contribution in [3.8, 4) is 11.3 Å². The highest BCUT2D eigenvalue weighted by Crippen LogP contribution is 2.24. The molecule has 2 aromatic carbocycles. The molecule has 0 saturated heterocycles. The summed E-state index contributed by atoms with van der Waals surface area (Å²) >= 11 is 7.56. The normalized spacial score (nSPS) is 10.4. The van der Waals surface area contributed by atoms with E-state index in [1.807, 2.05) is 47.3 Å². The fourth-order valence-electron chi connectivity index (χ4n) is 1.81. The molecule has 0 saturated carbocycles. The van der Waals surface area contributed by atoms with Crippen LogP contribution in [0.15, 0.2) is 59.4 Å². The van der Waals surface area contributed by atoms with Crippen LogP contribution >= 0.6 is 22.9 Å². The lowest BCUT2D eigenvalue weighted by Crippen LogP contribution is -1.89. The van der Waals surface area contributed by atoms with Crippen molar-refractivity contribution in [2.45, 2.75) is 0 Å². The van der Waals surface area contributed by atoms with Gasteiger partial charge in [0.1, 0.15) is 0 Å². The zero-order valence-corrected chi connectivity index (χ0v) is 11.6. The fourth-order valence-corrected chi connectivity index (χ4v) is 2.56. The number of nitrogens with one attached hydrogen (secondary N) is 1. The van der Waals surface area contributed by atoms with Gasteiger partial charge in [0.05, 0.1) is 11.2 Å². The summed E-state index contributed by atoms with van der Waals surface area (Å²) in [7, 11) is 0. The van der Waals surface area contributed by atoms with Crippen molar-refractivity contribution in [3.63, 3.8) is 0 Å². The second-order valence-corrected chi connectivity index (χ2v) is 5.24.